The molecule has 68 valence electrons. The number of rotatable bonds is 4. The first kappa shape index (κ1) is 9.75. The van der Waals surface area contributed by atoms with Crippen LogP contribution in [0.25, 0.3) is 0 Å². The van der Waals surface area contributed by atoms with Gasteiger partial charge in [-0.3, -0.25) is 0 Å². The van der Waals surface area contributed by atoms with Crippen LogP contribution < -0.4 is 0 Å². The molecule has 1 aromatic rings. The van der Waals surface area contributed by atoms with E-state index in [9.17, 15) is 5.11 Å². The molecule has 0 amide bonds. The van der Waals surface area contributed by atoms with Crippen molar-refractivity contribution in [2.24, 2.45) is 5.92 Å². The summed E-state index contributed by atoms with van der Waals surface area (Å²) in [6.45, 7) is 4.25. The van der Waals surface area contributed by atoms with Crippen LogP contribution in [0.15, 0.2) is 16.8 Å². The lowest BCUT2D eigenvalue weighted by Crippen LogP contribution is -2.07. The van der Waals surface area contributed by atoms with E-state index in [4.69, 9.17) is 0 Å². The molecule has 0 aliphatic rings. The molecule has 0 aliphatic carbocycles. The van der Waals surface area contributed by atoms with Crippen LogP contribution in [0.3, 0.4) is 0 Å². The third kappa shape index (κ3) is 2.32. The Morgan fingerprint density at radius 1 is 1.58 bits per heavy atom. The van der Waals surface area contributed by atoms with Gasteiger partial charge in [0.15, 0.2) is 0 Å². The Balaban J connectivity index is 2.53. The van der Waals surface area contributed by atoms with Gasteiger partial charge in [-0.05, 0) is 34.7 Å². The number of aliphatic hydroxyl groups excluding tert-OH is 1. The molecule has 2 atom stereocenters. The first-order chi connectivity index (χ1) is 5.75. The number of hydrogen-bond acceptors (Lipinski definition) is 2. The van der Waals surface area contributed by atoms with Gasteiger partial charge in [-0.2, -0.15) is 11.3 Å². The van der Waals surface area contributed by atoms with Crippen LogP contribution >= 0.6 is 11.3 Å². The molecule has 0 aliphatic heterocycles. The molecule has 0 saturated carbocycles. The zero-order valence-corrected chi connectivity index (χ0v) is 8.47. The average Bonchev–Trinajstić information content (AvgIpc) is 2.55. The van der Waals surface area contributed by atoms with E-state index >= 15 is 0 Å². The van der Waals surface area contributed by atoms with Gasteiger partial charge >= 0.3 is 0 Å². The molecule has 1 heterocycles. The summed E-state index contributed by atoms with van der Waals surface area (Å²) in [7, 11) is 0. The summed E-state index contributed by atoms with van der Waals surface area (Å²) in [6.07, 6.45) is 1.97. The molecule has 2 heteroatoms. The van der Waals surface area contributed by atoms with Crippen molar-refractivity contribution in [1.82, 2.24) is 0 Å². The number of aliphatic hydroxyl groups is 1. The monoisotopic (exact) mass is 184 g/mol. The molecular weight excluding hydrogens is 168 g/mol. The Morgan fingerprint density at radius 2 is 2.33 bits per heavy atom. The van der Waals surface area contributed by atoms with Gasteiger partial charge in [-0.25, -0.2) is 0 Å². The highest BCUT2D eigenvalue weighted by Gasteiger charge is 2.15. The van der Waals surface area contributed by atoms with Crippen LogP contribution in [-0.2, 0) is 0 Å². The number of hydrogen-bond donors (Lipinski definition) is 1. The fourth-order valence-corrected chi connectivity index (χ4v) is 2.07. The van der Waals surface area contributed by atoms with Gasteiger partial charge < -0.3 is 5.11 Å². The van der Waals surface area contributed by atoms with Crippen molar-refractivity contribution in [2.75, 3.05) is 0 Å². The average molecular weight is 184 g/mol. The molecule has 1 aromatic heterocycles. The second-order valence-corrected chi connectivity index (χ2v) is 4.05. The lowest BCUT2D eigenvalue weighted by atomic mass is 9.95. The molecule has 2 unspecified atom stereocenters. The molecule has 0 saturated heterocycles. The van der Waals surface area contributed by atoms with E-state index < -0.39 is 0 Å². The minimum absolute atomic E-state index is 0.267. The number of thiophene rings is 1. The molecule has 12 heavy (non-hydrogen) atoms. The topological polar surface area (TPSA) is 20.2 Å². The Bertz CT molecular complexity index is 206. The van der Waals surface area contributed by atoms with Crippen molar-refractivity contribution in [3.8, 4) is 0 Å². The summed E-state index contributed by atoms with van der Waals surface area (Å²) in [5.74, 6) is 0.379. The molecule has 0 fully saturated rings. The van der Waals surface area contributed by atoms with Gasteiger partial charge in [0.1, 0.15) is 0 Å². The van der Waals surface area contributed by atoms with Crippen LogP contribution in [-0.4, -0.2) is 5.11 Å². The van der Waals surface area contributed by atoms with E-state index in [0.29, 0.717) is 5.92 Å². The van der Waals surface area contributed by atoms with Crippen LogP contribution in [0, 0.1) is 5.92 Å². The predicted molar refractivity (Wildman–Crippen MR) is 53.4 cm³/mol. The van der Waals surface area contributed by atoms with Crippen molar-refractivity contribution in [3.05, 3.63) is 22.4 Å². The third-order valence-electron chi connectivity index (χ3n) is 2.17. The lowest BCUT2D eigenvalue weighted by Gasteiger charge is -2.16. The normalized spacial score (nSPS) is 15.9. The highest BCUT2D eigenvalue weighted by Crippen LogP contribution is 2.26. The summed E-state index contributed by atoms with van der Waals surface area (Å²) < 4.78 is 0. The van der Waals surface area contributed by atoms with Crippen LogP contribution in [0.1, 0.15) is 38.4 Å². The SMILES string of the molecule is CCCC(C)C(O)c1ccsc1. The third-order valence-corrected chi connectivity index (χ3v) is 2.87. The Morgan fingerprint density at radius 3 is 2.83 bits per heavy atom. The zero-order valence-electron chi connectivity index (χ0n) is 7.66. The maximum Gasteiger partial charge on any atom is 0.0823 e. The van der Waals surface area contributed by atoms with E-state index in [1.54, 1.807) is 11.3 Å². The van der Waals surface area contributed by atoms with Gasteiger partial charge in [0.25, 0.3) is 0 Å². The van der Waals surface area contributed by atoms with Crippen molar-refractivity contribution in [1.29, 1.82) is 0 Å². The molecule has 0 bridgehead atoms. The minimum atomic E-state index is -0.267. The first-order valence-corrected chi connectivity index (χ1v) is 5.40. The molecule has 1 N–H and O–H groups in total. The predicted octanol–water partition coefficient (Wildman–Crippen LogP) is 3.22. The van der Waals surface area contributed by atoms with Crippen LogP contribution in [0.4, 0.5) is 0 Å². The van der Waals surface area contributed by atoms with Crippen molar-refractivity contribution in [3.63, 3.8) is 0 Å². The highest BCUT2D eigenvalue weighted by atomic mass is 32.1. The summed E-state index contributed by atoms with van der Waals surface area (Å²) in [4.78, 5) is 0. The van der Waals surface area contributed by atoms with E-state index in [2.05, 4.69) is 13.8 Å². The van der Waals surface area contributed by atoms with E-state index in [-0.39, 0.29) is 6.10 Å². The largest absolute Gasteiger partial charge is 0.388 e. The molecule has 1 nitrogen and oxygen atoms in total. The standard InChI is InChI=1S/C10H16OS/c1-3-4-8(2)10(11)9-5-6-12-7-9/h5-8,10-11H,3-4H2,1-2H3. The highest BCUT2D eigenvalue weighted by molar-refractivity contribution is 7.07. The maximum atomic E-state index is 9.82. The zero-order chi connectivity index (χ0) is 8.97. The summed E-state index contributed by atoms with van der Waals surface area (Å²) >= 11 is 1.64. The van der Waals surface area contributed by atoms with Gasteiger partial charge in [-0.1, -0.05) is 20.3 Å². The maximum absolute atomic E-state index is 9.82. The Hall–Kier alpha value is -0.340. The van der Waals surface area contributed by atoms with Gasteiger partial charge in [-0.15, -0.1) is 0 Å². The summed E-state index contributed by atoms with van der Waals surface area (Å²) in [5.41, 5.74) is 1.07. The smallest absolute Gasteiger partial charge is 0.0823 e. The minimum Gasteiger partial charge on any atom is -0.388 e. The van der Waals surface area contributed by atoms with E-state index in [0.717, 1.165) is 18.4 Å². The fourth-order valence-electron chi connectivity index (χ4n) is 1.39. The van der Waals surface area contributed by atoms with Gasteiger partial charge in [0.05, 0.1) is 6.10 Å². The van der Waals surface area contributed by atoms with E-state index in [1.807, 2.05) is 16.8 Å². The van der Waals surface area contributed by atoms with E-state index in [1.165, 1.54) is 0 Å². The Kier molecular flexibility index (Phi) is 3.76. The van der Waals surface area contributed by atoms with Crippen LogP contribution in [0.5, 0.6) is 0 Å². The second kappa shape index (κ2) is 4.63. The fraction of sp³-hybridized carbons (Fsp3) is 0.600. The van der Waals surface area contributed by atoms with Crippen molar-refractivity contribution in [2.45, 2.75) is 32.8 Å². The van der Waals surface area contributed by atoms with Crippen molar-refractivity contribution >= 4 is 11.3 Å². The van der Waals surface area contributed by atoms with Gasteiger partial charge in [0, 0.05) is 0 Å². The summed E-state index contributed by atoms with van der Waals surface area (Å²) in [6, 6.07) is 2.00. The lowest BCUT2D eigenvalue weighted by molar-refractivity contribution is 0.113. The van der Waals surface area contributed by atoms with Crippen molar-refractivity contribution < 1.29 is 5.11 Å². The molecular formula is C10H16OS. The first-order valence-electron chi connectivity index (χ1n) is 4.46. The summed E-state index contributed by atoms with van der Waals surface area (Å²) in [5, 5.41) is 13.9. The molecule has 0 aromatic carbocycles. The van der Waals surface area contributed by atoms with Gasteiger partial charge in [0.2, 0.25) is 0 Å². The molecule has 0 spiro atoms. The Labute approximate surface area is 78.1 Å². The molecule has 0 radical (unpaired) electrons. The molecule has 1 rings (SSSR count). The van der Waals surface area contributed by atoms with Crippen LogP contribution in [0.2, 0.25) is 0 Å². The second-order valence-electron chi connectivity index (χ2n) is 3.27. The quantitative estimate of drug-likeness (QED) is 0.761.